The summed E-state index contributed by atoms with van der Waals surface area (Å²) in [7, 11) is 0. The van der Waals surface area contributed by atoms with Crippen molar-refractivity contribution >= 4 is 46.4 Å². The zero-order valence-electron chi connectivity index (χ0n) is 17.8. The van der Waals surface area contributed by atoms with Gasteiger partial charge in [0.15, 0.2) is 0 Å². The van der Waals surface area contributed by atoms with Crippen molar-refractivity contribution in [1.29, 1.82) is 0 Å². The Labute approximate surface area is 207 Å². The third kappa shape index (κ3) is 4.38. The lowest BCUT2D eigenvalue weighted by atomic mass is 9.74. The molecule has 3 nitrogen and oxygen atoms in total. The van der Waals surface area contributed by atoms with Crippen molar-refractivity contribution in [2.24, 2.45) is 0 Å². The number of amides is 1. The molecule has 0 atom stereocenters. The Morgan fingerprint density at radius 3 is 2.42 bits per heavy atom. The molecular weight excluding hydrogens is 482 g/mol. The third-order valence-electron chi connectivity index (χ3n) is 6.80. The molecule has 0 radical (unpaired) electrons. The Hall–Kier alpha value is -2.11. The van der Waals surface area contributed by atoms with E-state index in [1.807, 2.05) is 18.2 Å². The first-order valence-electron chi connectivity index (χ1n) is 10.9. The molecule has 7 heteroatoms. The molecule has 0 saturated carbocycles. The zero-order valence-corrected chi connectivity index (χ0v) is 20.1. The lowest BCUT2D eigenvalue weighted by Gasteiger charge is -2.40. The second-order valence-electron chi connectivity index (χ2n) is 8.86. The highest BCUT2D eigenvalue weighted by atomic mass is 35.5. The van der Waals surface area contributed by atoms with Gasteiger partial charge in [0.2, 0.25) is 0 Å². The van der Waals surface area contributed by atoms with E-state index in [9.17, 15) is 9.18 Å². The van der Waals surface area contributed by atoms with Crippen LogP contribution in [0, 0.1) is 5.82 Å². The summed E-state index contributed by atoms with van der Waals surface area (Å²) in [6, 6.07) is 17.5. The molecule has 0 aromatic heterocycles. The van der Waals surface area contributed by atoms with E-state index in [1.165, 1.54) is 11.6 Å². The highest BCUT2D eigenvalue weighted by Gasteiger charge is 2.46. The van der Waals surface area contributed by atoms with Crippen LogP contribution in [0.3, 0.4) is 0 Å². The molecule has 0 bridgehead atoms. The highest BCUT2D eigenvalue weighted by Crippen LogP contribution is 2.48. The number of carbonyl (C=O) groups is 1. The van der Waals surface area contributed by atoms with E-state index < -0.39 is 0 Å². The maximum absolute atomic E-state index is 14.3. The fourth-order valence-electron chi connectivity index (χ4n) is 5.09. The zero-order chi connectivity index (χ0) is 23.2. The minimum absolute atomic E-state index is 0.192. The number of piperidine rings is 1. The van der Waals surface area contributed by atoms with E-state index >= 15 is 0 Å². The molecule has 0 aliphatic carbocycles. The van der Waals surface area contributed by atoms with Gasteiger partial charge in [0.05, 0.1) is 10.6 Å². The van der Waals surface area contributed by atoms with Crippen molar-refractivity contribution in [3.63, 3.8) is 0 Å². The summed E-state index contributed by atoms with van der Waals surface area (Å²) in [5.74, 6) is -0.476. The molecule has 0 N–H and O–H groups in total. The first-order chi connectivity index (χ1) is 15.8. The number of anilines is 1. The molecule has 3 aromatic carbocycles. The van der Waals surface area contributed by atoms with E-state index in [0.717, 1.165) is 48.7 Å². The Balaban J connectivity index is 1.40. The van der Waals surface area contributed by atoms with Gasteiger partial charge in [0.25, 0.3) is 5.91 Å². The molecule has 2 aliphatic heterocycles. The topological polar surface area (TPSA) is 23.6 Å². The number of likely N-dealkylation sites (tertiary alicyclic amines) is 1. The Morgan fingerprint density at radius 1 is 0.939 bits per heavy atom. The van der Waals surface area contributed by atoms with Gasteiger partial charge in [-0.1, -0.05) is 46.9 Å². The highest BCUT2D eigenvalue weighted by molar-refractivity contribution is 6.37. The summed E-state index contributed by atoms with van der Waals surface area (Å²) in [5, 5.41) is 1.52. The van der Waals surface area contributed by atoms with E-state index in [2.05, 4.69) is 11.0 Å². The molecule has 5 rings (SSSR count). The van der Waals surface area contributed by atoms with Crippen LogP contribution in [0.5, 0.6) is 0 Å². The second kappa shape index (κ2) is 8.92. The summed E-state index contributed by atoms with van der Waals surface area (Å²) in [5.41, 5.74) is 2.95. The van der Waals surface area contributed by atoms with E-state index in [-0.39, 0.29) is 17.1 Å². The molecule has 33 heavy (non-hydrogen) atoms. The minimum Gasteiger partial charge on any atom is -0.307 e. The van der Waals surface area contributed by atoms with Crippen LogP contribution >= 0.6 is 34.8 Å². The van der Waals surface area contributed by atoms with E-state index in [1.54, 1.807) is 35.2 Å². The fourth-order valence-corrected chi connectivity index (χ4v) is 5.79. The lowest BCUT2D eigenvalue weighted by molar-refractivity contribution is 0.0975. The van der Waals surface area contributed by atoms with Crippen molar-refractivity contribution in [3.8, 4) is 0 Å². The van der Waals surface area contributed by atoms with Gasteiger partial charge in [-0.2, -0.15) is 0 Å². The molecule has 1 saturated heterocycles. The van der Waals surface area contributed by atoms with Gasteiger partial charge < -0.3 is 4.90 Å². The number of halogens is 4. The van der Waals surface area contributed by atoms with Gasteiger partial charge in [-0.05, 0) is 85.6 Å². The smallest absolute Gasteiger partial charge is 0.259 e. The maximum Gasteiger partial charge on any atom is 0.259 e. The van der Waals surface area contributed by atoms with E-state index in [0.29, 0.717) is 22.2 Å². The molecule has 1 fully saturated rings. The first kappa shape index (κ1) is 22.7. The van der Waals surface area contributed by atoms with Gasteiger partial charge in [-0.3, -0.25) is 9.69 Å². The maximum atomic E-state index is 14.3. The molecule has 1 spiro atoms. The van der Waals surface area contributed by atoms with Crippen LogP contribution in [-0.2, 0) is 12.0 Å². The number of benzene rings is 3. The van der Waals surface area contributed by atoms with Gasteiger partial charge in [-0.15, -0.1) is 0 Å². The molecule has 1 amide bonds. The number of fused-ring (bicyclic) bond motifs is 2. The average Bonchev–Trinajstić information content (AvgIpc) is 3.08. The summed E-state index contributed by atoms with van der Waals surface area (Å²) in [4.78, 5) is 17.6. The monoisotopic (exact) mass is 502 g/mol. The van der Waals surface area contributed by atoms with Crippen LogP contribution in [0.4, 0.5) is 10.1 Å². The van der Waals surface area contributed by atoms with Crippen molar-refractivity contribution in [2.75, 3.05) is 24.5 Å². The van der Waals surface area contributed by atoms with Gasteiger partial charge in [0.1, 0.15) is 5.82 Å². The molecule has 3 aromatic rings. The van der Waals surface area contributed by atoms with Crippen LogP contribution < -0.4 is 4.90 Å². The minimum atomic E-state index is -0.284. The summed E-state index contributed by atoms with van der Waals surface area (Å²) < 4.78 is 14.3. The standard InChI is InChI=1S/C26H22Cl3FN2O/c27-18-3-1-2-17(12-18)15-31-10-8-26(9-11-31)16-32(24-7-5-20(30)14-22(24)26)25(33)21-6-4-19(28)13-23(21)29/h1-7,12-14H,8-11,15-16H2. The molecule has 170 valence electrons. The summed E-state index contributed by atoms with van der Waals surface area (Å²) >= 11 is 18.5. The van der Waals surface area contributed by atoms with Crippen molar-refractivity contribution in [3.05, 3.63) is 98.2 Å². The van der Waals surface area contributed by atoms with Crippen LogP contribution in [0.15, 0.2) is 60.7 Å². The second-order valence-corrected chi connectivity index (χ2v) is 10.1. The number of nitrogens with zero attached hydrogens (tertiary/aromatic N) is 2. The number of hydrogen-bond acceptors (Lipinski definition) is 2. The van der Waals surface area contributed by atoms with Crippen LogP contribution in [0.25, 0.3) is 0 Å². The van der Waals surface area contributed by atoms with Gasteiger partial charge in [0, 0.05) is 34.2 Å². The van der Waals surface area contributed by atoms with Crippen molar-refractivity contribution in [2.45, 2.75) is 24.8 Å². The van der Waals surface area contributed by atoms with E-state index in [4.69, 9.17) is 34.8 Å². The quantitative estimate of drug-likeness (QED) is 0.385. The van der Waals surface area contributed by atoms with Gasteiger partial charge in [-0.25, -0.2) is 4.39 Å². The Kier molecular flexibility index (Phi) is 6.13. The largest absolute Gasteiger partial charge is 0.307 e. The van der Waals surface area contributed by atoms with Crippen LogP contribution in [0.1, 0.15) is 34.3 Å². The predicted molar refractivity (Wildman–Crippen MR) is 132 cm³/mol. The number of hydrogen-bond donors (Lipinski definition) is 0. The normalized spacial score (nSPS) is 17.4. The number of rotatable bonds is 3. The lowest BCUT2D eigenvalue weighted by Crippen LogP contribution is -2.45. The SMILES string of the molecule is O=C(c1ccc(Cl)cc1Cl)N1CC2(CCN(Cc3cccc(Cl)c3)CC2)c2cc(F)ccc21. The number of carbonyl (C=O) groups excluding carboxylic acids is 1. The molecular formula is C26H22Cl3FN2O. The average molecular weight is 504 g/mol. The Bertz CT molecular complexity index is 1220. The fraction of sp³-hybridized carbons (Fsp3) is 0.269. The Morgan fingerprint density at radius 2 is 1.70 bits per heavy atom. The van der Waals surface area contributed by atoms with Crippen LogP contribution in [-0.4, -0.2) is 30.4 Å². The van der Waals surface area contributed by atoms with Gasteiger partial charge >= 0.3 is 0 Å². The molecule has 0 unspecified atom stereocenters. The van der Waals surface area contributed by atoms with Crippen molar-refractivity contribution < 1.29 is 9.18 Å². The van der Waals surface area contributed by atoms with Crippen LogP contribution in [0.2, 0.25) is 15.1 Å². The molecule has 2 heterocycles. The summed E-state index contributed by atoms with van der Waals surface area (Å²) in [6.07, 6.45) is 1.67. The summed E-state index contributed by atoms with van der Waals surface area (Å²) in [6.45, 7) is 3.03. The molecule has 2 aliphatic rings. The predicted octanol–water partition coefficient (Wildman–Crippen LogP) is 6.98. The van der Waals surface area contributed by atoms with Crippen molar-refractivity contribution in [1.82, 2.24) is 4.90 Å². The third-order valence-corrected chi connectivity index (χ3v) is 7.58. The first-order valence-corrected chi connectivity index (χ1v) is 12.0.